The first-order valence-corrected chi connectivity index (χ1v) is 20.0. The zero-order chi connectivity index (χ0) is 39.6. The number of benzene rings is 9. The van der Waals surface area contributed by atoms with E-state index in [-0.39, 0.29) is 0 Å². The lowest BCUT2D eigenvalue weighted by Gasteiger charge is -2.13. The molecule has 12 aromatic rings. The van der Waals surface area contributed by atoms with Crippen molar-refractivity contribution in [2.75, 3.05) is 0 Å². The molecule has 0 spiro atoms. The molecule has 3 heterocycles. The fourth-order valence-corrected chi connectivity index (χ4v) is 8.49. The van der Waals surface area contributed by atoms with E-state index in [2.05, 4.69) is 133 Å². The normalized spacial score (nSPS) is 11.7. The van der Waals surface area contributed by atoms with Gasteiger partial charge in [-0.25, -0.2) is 19.9 Å². The lowest BCUT2D eigenvalue weighted by molar-refractivity contribution is 0.622. The molecule has 12 rings (SSSR count). The van der Waals surface area contributed by atoms with Gasteiger partial charge in [0.05, 0.1) is 5.39 Å². The largest absolute Gasteiger partial charge is 0.456 e. The van der Waals surface area contributed by atoms with Crippen molar-refractivity contribution in [3.05, 3.63) is 194 Å². The molecule has 0 bridgehead atoms. The molecule has 60 heavy (non-hydrogen) atoms. The number of hydrogen-bond acceptors (Lipinski definition) is 6. The summed E-state index contributed by atoms with van der Waals surface area (Å²) in [7, 11) is 0. The van der Waals surface area contributed by atoms with Crippen molar-refractivity contribution in [2.24, 2.45) is 0 Å². The van der Waals surface area contributed by atoms with Gasteiger partial charge >= 0.3 is 0 Å². The van der Waals surface area contributed by atoms with Crippen LogP contribution >= 0.6 is 0 Å². The second-order valence-electron chi connectivity index (χ2n) is 15.0. The number of aromatic nitrogens is 4. The van der Waals surface area contributed by atoms with Gasteiger partial charge in [-0.2, -0.15) is 0 Å². The minimum atomic E-state index is 0.569. The summed E-state index contributed by atoms with van der Waals surface area (Å²) in [6, 6.07) is 66.5. The zero-order valence-electron chi connectivity index (χ0n) is 32.1. The highest BCUT2D eigenvalue weighted by molar-refractivity contribution is 6.25. The van der Waals surface area contributed by atoms with E-state index in [1.165, 1.54) is 0 Å². The molecule has 0 amide bonds. The van der Waals surface area contributed by atoms with Crippen LogP contribution in [0.3, 0.4) is 0 Å². The Kier molecular flexibility index (Phi) is 7.74. The van der Waals surface area contributed by atoms with Crippen molar-refractivity contribution in [2.45, 2.75) is 0 Å². The number of hydrogen-bond donors (Lipinski definition) is 0. The quantitative estimate of drug-likeness (QED) is 0.168. The number of furan rings is 1. The standard InChI is InChI=1S/C54H32N4O2/c1-4-13-33(14-5-1)37-19-12-20-38(31-37)51-56-52(58-53(57-51)43-27-26-40(34-15-6-2-7-16-34)41-21-10-11-22-42(41)43)39-24-23-35-25-29-46-48(44(35)32-39)49-47(59-46)30-28-45-50(49)60-54(55-45)36-17-8-3-9-18-36/h1-32H. The molecule has 3 aromatic heterocycles. The van der Waals surface area contributed by atoms with Crippen LogP contribution < -0.4 is 0 Å². The maximum absolute atomic E-state index is 6.54. The summed E-state index contributed by atoms with van der Waals surface area (Å²) in [6.45, 7) is 0. The van der Waals surface area contributed by atoms with Crippen molar-refractivity contribution in [3.63, 3.8) is 0 Å². The number of rotatable bonds is 6. The van der Waals surface area contributed by atoms with E-state index in [0.717, 1.165) is 93.5 Å². The van der Waals surface area contributed by atoms with Gasteiger partial charge in [-0.05, 0) is 92.3 Å². The second kappa shape index (κ2) is 13.7. The first-order valence-electron chi connectivity index (χ1n) is 20.0. The molecule has 0 saturated carbocycles. The third-order valence-corrected chi connectivity index (χ3v) is 11.4. The smallest absolute Gasteiger partial charge is 0.227 e. The second-order valence-corrected chi connectivity index (χ2v) is 15.0. The van der Waals surface area contributed by atoms with Gasteiger partial charge in [-0.15, -0.1) is 0 Å². The maximum atomic E-state index is 6.54. The van der Waals surface area contributed by atoms with Crippen molar-refractivity contribution in [3.8, 4) is 67.9 Å². The predicted molar refractivity (Wildman–Crippen MR) is 242 cm³/mol. The summed E-state index contributed by atoms with van der Waals surface area (Å²) in [5.41, 5.74) is 11.1. The number of nitrogens with zero attached hydrogens (tertiary/aromatic N) is 4. The fraction of sp³-hybridized carbons (Fsp3) is 0. The Balaban J connectivity index is 1.08. The Morgan fingerprint density at radius 1 is 0.317 bits per heavy atom. The van der Waals surface area contributed by atoms with Gasteiger partial charge < -0.3 is 8.83 Å². The van der Waals surface area contributed by atoms with Crippen molar-refractivity contribution in [1.82, 2.24) is 19.9 Å². The number of fused-ring (bicyclic) bond motifs is 8. The molecule has 280 valence electrons. The first kappa shape index (κ1) is 33.9. The van der Waals surface area contributed by atoms with Crippen LogP contribution in [0.1, 0.15) is 0 Å². The molecule has 0 fully saturated rings. The Bertz CT molecular complexity index is 3600. The van der Waals surface area contributed by atoms with E-state index in [0.29, 0.717) is 28.9 Å². The molecule has 0 saturated heterocycles. The van der Waals surface area contributed by atoms with E-state index in [1.807, 2.05) is 60.7 Å². The first-order chi connectivity index (χ1) is 29.7. The third-order valence-electron chi connectivity index (χ3n) is 11.4. The van der Waals surface area contributed by atoms with Crippen molar-refractivity contribution < 1.29 is 8.83 Å². The molecule has 0 N–H and O–H groups in total. The van der Waals surface area contributed by atoms with E-state index in [1.54, 1.807) is 0 Å². The topological polar surface area (TPSA) is 77.8 Å². The fourth-order valence-electron chi connectivity index (χ4n) is 8.49. The van der Waals surface area contributed by atoms with Crippen LogP contribution in [-0.4, -0.2) is 19.9 Å². The summed E-state index contributed by atoms with van der Waals surface area (Å²) in [4.78, 5) is 20.6. The summed E-state index contributed by atoms with van der Waals surface area (Å²) in [5, 5.41) is 6.10. The van der Waals surface area contributed by atoms with Crippen LogP contribution in [0, 0.1) is 0 Å². The highest BCUT2D eigenvalue weighted by Crippen LogP contribution is 2.42. The molecule has 0 unspecified atom stereocenters. The predicted octanol–water partition coefficient (Wildman–Crippen LogP) is 14.2. The van der Waals surface area contributed by atoms with Gasteiger partial charge in [0.1, 0.15) is 16.7 Å². The Morgan fingerprint density at radius 2 is 0.883 bits per heavy atom. The minimum absolute atomic E-state index is 0.569. The molecule has 0 aliphatic heterocycles. The molecular weight excluding hydrogens is 737 g/mol. The lowest BCUT2D eigenvalue weighted by Crippen LogP contribution is -2.01. The van der Waals surface area contributed by atoms with Crippen LogP contribution in [0.4, 0.5) is 0 Å². The highest BCUT2D eigenvalue weighted by atomic mass is 16.4. The monoisotopic (exact) mass is 768 g/mol. The van der Waals surface area contributed by atoms with Gasteiger partial charge in [-0.3, -0.25) is 0 Å². The van der Waals surface area contributed by atoms with E-state index >= 15 is 0 Å². The summed E-state index contributed by atoms with van der Waals surface area (Å²) in [5.74, 6) is 2.33. The molecule has 0 atom stereocenters. The van der Waals surface area contributed by atoms with Gasteiger partial charge in [-0.1, -0.05) is 146 Å². The number of oxazole rings is 1. The van der Waals surface area contributed by atoms with E-state index in [9.17, 15) is 0 Å². The maximum Gasteiger partial charge on any atom is 0.227 e. The highest BCUT2D eigenvalue weighted by Gasteiger charge is 2.21. The molecule has 0 aliphatic carbocycles. The summed E-state index contributed by atoms with van der Waals surface area (Å²) >= 11 is 0. The van der Waals surface area contributed by atoms with Gasteiger partial charge in [0.2, 0.25) is 5.89 Å². The van der Waals surface area contributed by atoms with E-state index in [4.69, 9.17) is 28.8 Å². The third kappa shape index (κ3) is 5.65. The average molecular weight is 769 g/mol. The van der Waals surface area contributed by atoms with Crippen LogP contribution in [0.15, 0.2) is 203 Å². The Labute approximate surface area is 344 Å². The van der Waals surface area contributed by atoms with Crippen molar-refractivity contribution in [1.29, 1.82) is 0 Å². The van der Waals surface area contributed by atoms with Crippen LogP contribution in [0.2, 0.25) is 0 Å². The van der Waals surface area contributed by atoms with Gasteiger partial charge in [0, 0.05) is 27.6 Å². The van der Waals surface area contributed by atoms with Crippen molar-refractivity contribution >= 4 is 54.6 Å². The van der Waals surface area contributed by atoms with Crippen LogP contribution in [-0.2, 0) is 0 Å². The van der Waals surface area contributed by atoms with Gasteiger partial charge in [0.25, 0.3) is 0 Å². The molecular formula is C54H32N4O2. The van der Waals surface area contributed by atoms with E-state index < -0.39 is 0 Å². The van der Waals surface area contributed by atoms with Gasteiger partial charge in [0.15, 0.2) is 23.1 Å². The Hall–Kier alpha value is -8.22. The lowest BCUT2D eigenvalue weighted by atomic mass is 9.94. The molecule has 6 heteroatoms. The average Bonchev–Trinajstić information content (AvgIpc) is 3.94. The Morgan fingerprint density at radius 3 is 1.65 bits per heavy atom. The SMILES string of the molecule is c1ccc(-c2cccc(-c3nc(-c4ccc5ccc6oc7ccc8nc(-c9ccccc9)oc8c7c6c5c4)nc(-c4ccc(-c5ccccc5)c5ccccc45)n3)c2)cc1. The summed E-state index contributed by atoms with van der Waals surface area (Å²) in [6.07, 6.45) is 0. The summed E-state index contributed by atoms with van der Waals surface area (Å²) < 4.78 is 13.0. The zero-order valence-corrected chi connectivity index (χ0v) is 32.1. The molecule has 6 nitrogen and oxygen atoms in total. The molecule has 0 radical (unpaired) electrons. The van der Waals surface area contributed by atoms with Crippen LogP contribution in [0.5, 0.6) is 0 Å². The molecule has 0 aliphatic rings. The minimum Gasteiger partial charge on any atom is -0.456 e. The molecule has 9 aromatic carbocycles. The van der Waals surface area contributed by atoms with Crippen LogP contribution in [0.25, 0.3) is 122 Å².